The first kappa shape index (κ1) is 16.5. The zero-order valence-corrected chi connectivity index (χ0v) is 14.4. The molecule has 0 atom stereocenters. The lowest BCUT2D eigenvalue weighted by molar-refractivity contribution is -0.118. The molecule has 2 N–H and O–H groups in total. The zero-order valence-electron chi connectivity index (χ0n) is 13.6. The number of nitrogens with one attached hydrogen (secondary N) is 2. The molecule has 2 aromatic rings. The molecule has 0 radical (unpaired) electrons. The Kier molecular flexibility index (Phi) is 5.15. The number of carbonyl (C=O) groups excluding carboxylic acids is 2. The molecule has 0 saturated heterocycles. The SMILES string of the molecule is CNC(=O)c1c(NC(=O)COc2ccccc2)sc2c1CCCC2. The summed E-state index contributed by atoms with van der Waals surface area (Å²) in [6.45, 7) is -0.0836. The minimum absolute atomic E-state index is 0.0836. The molecule has 0 bridgehead atoms. The van der Waals surface area contributed by atoms with Crippen LogP contribution in [0, 0.1) is 0 Å². The van der Waals surface area contributed by atoms with Crippen LogP contribution in [0.1, 0.15) is 33.6 Å². The van der Waals surface area contributed by atoms with E-state index in [1.807, 2.05) is 18.2 Å². The summed E-state index contributed by atoms with van der Waals surface area (Å²) < 4.78 is 5.46. The van der Waals surface area contributed by atoms with Gasteiger partial charge < -0.3 is 15.4 Å². The third-order valence-corrected chi connectivity index (χ3v) is 5.20. The van der Waals surface area contributed by atoms with Crippen LogP contribution < -0.4 is 15.4 Å². The van der Waals surface area contributed by atoms with E-state index in [9.17, 15) is 9.59 Å². The number of aryl methyl sites for hydroxylation is 1. The van der Waals surface area contributed by atoms with Crippen LogP contribution in [0.2, 0.25) is 0 Å². The average Bonchev–Trinajstić information content (AvgIpc) is 2.98. The molecule has 1 heterocycles. The van der Waals surface area contributed by atoms with Crippen LogP contribution in [-0.2, 0) is 17.6 Å². The maximum Gasteiger partial charge on any atom is 0.262 e. The molecule has 5 nitrogen and oxygen atoms in total. The summed E-state index contributed by atoms with van der Waals surface area (Å²) in [7, 11) is 1.61. The Labute approximate surface area is 145 Å². The number of hydrogen-bond acceptors (Lipinski definition) is 4. The molecule has 126 valence electrons. The van der Waals surface area contributed by atoms with Crippen molar-refractivity contribution in [2.45, 2.75) is 25.7 Å². The lowest BCUT2D eigenvalue weighted by Crippen LogP contribution is -2.24. The molecule has 3 rings (SSSR count). The maximum atomic E-state index is 12.2. The standard InChI is InChI=1S/C18H20N2O3S/c1-19-17(22)16-13-9-5-6-10-14(13)24-18(16)20-15(21)11-23-12-7-3-2-4-8-12/h2-4,7-8H,5-6,9-11H2,1H3,(H,19,22)(H,20,21). The summed E-state index contributed by atoms with van der Waals surface area (Å²) in [4.78, 5) is 25.6. The molecule has 1 aliphatic carbocycles. The summed E-state index contributed by atoms with van der Waals surface area (Å²) in [5, 5.41) is 6.15. The van der Waals surface area contributed by atoms with Gasteiger partial charge in [0, 0.05) is 11.9 Å². The number of benzene rings is 1. The number of carbonyl (C=O) groups is 2. The van der Waals surface area contributed by atoms with Crippen molar-refractivity contribution < 1.29 is 14.3 Å². The molecular weight excluding hydrogens is 324 g/mol. The number of para-hydroxylation sites is 1. The molecule has 6 heteroatoms. The van der Waals surface area contributed by atoms with E-state index in [2.05, 4.69) is 10.6 Å². The Balaban J connectivity index is 1.73. The summed E-state index contributed by atoms with van der Waals surface area (Å²) in [6, 6.07) is 9.19. The topological polar surface area (TPSA) is 67.4 Å². The molecule has 1 aromatic carbocycles. The van der Waals surface area contributed by atoms with Gasteiger partial charge in [0.05, 0.1) is 5.56 Å². The van der Waals surface area contributed by atoms with Gasteiger partial charge in [0.15, 0.2) is 6.61 Å². The van der Waals surface area contributed by atoms with Gasteiger partial charge >= 0.3 is 0 Å². The molecule has 0 spiro atoms. The first-order valence-corrected chi connectivity index (χ1v) is 8.85. The first-order valence-electron chi connectivity index (χ1n) is 8.03. The fraction of sp³-hybridized carbons (Fsp3) is 0.333. The van der Waals surface area contributed by atoms with Crippen LogP contribution in [0.3, 0.4) is 0 Å². The summed E-state index contributed by atoms with van der Waals surface area (Å²) >= 11 is 1.51. The third-order valence-electron chi connectivity index (χ3n) is 3.99. The molecule has 0 aliphatic heterocycles. The predicted octanol–water partition coefficient (Wildman–Crippen LogP) is 3.00. The highest BCUT2D eigenvalue weighted by Gasteiger charge is 2.25. The Morgan fingerprint density at radius 2 is 1.92 bits per heavy atom. The average molecular weight is 344 g/mol. The fourth-order valence-corrected chi connectivity index (χ4v) is 4.15. The van der Waals surface area contributed by atoms with Crippen LogP contribution in [-0.4, -0.2) is 25.5 Å². The number of hydrogen-bond donors (Lipinski definition) is 2. The monoisotopic (exact) mass is 344 g/mol. The Hall–Kier alpha value is -2.34. The zero-order chi connectivity index (χ0) is 16.9. The van der Waals surface area contributed by atoms with Gasteiger partial charge in [0.1, 0.15) is 10.8 Å². The number of anilines is 1. The molecule has 2 amide bonds. The highest BCUT2D eigenvalue weighted by molar-refractivity contribution is 7.17. The molecule has 0 unspecified atom stereocenters. The van der Waals surface area contributed by atoms with Gasteiger partial charge in [0.2, 0.25) is 0 Å². The van der Waals surface area contributed by atoms with Gasteiger partial charge in [-0.05, 0) is 43.4 Å². The fourth-order valence-electron chi connectivity index (χ4n) is 2.85. The van der Waals surface area contributed by atoms with Crippen molar-refractivity contribution in [3.8, 4) is 5.75 Å². The van der Waals surface area contributed by atoms with Crippen molar-refractivity contribution in [1.29, 1.82) is 0 Å². The second-order valence-corrected chi connectivity index (χ2v) is 6.75. The maximum absolute atomic E-state index is 12.2. The molecular formula is C18H20N2O3S. The Bertz CT molecular complexity index is 740. The highest BCUT2D eigenvalue weighted by atomic mass is 32.1. The number of thiophene rings is 1. The summed E-state index contributed by atoms with van der Waals surface area (Å²) in [5.41, 5.74) is 1.70. The van der Waals surface area contributed by atoms with Crippen molar-refractivity contribution >= 4 is 28.2 Å². The van der Waals surface area contributed by atoms with E-state index in [1.54, 1.807) is 19.2 Å². The van der Waals surface area contributed by atoms with Gasteiger partial charge in [0.25, 0.3) is 11.8 Å². The highest BCUT2D eigenvalue weighted by Crippen LogP contribution is 2.38. The number of fused-ring (bicyclic) bond motifs is 1. The van der Waals surface area contributed by atoms with Gasteiger partial charge in [-0.1, -0.05) is 18.2 Å². The van der Waals surface area contributed by atoms with E-state index in [4.69, 9.17) is 4.74 Å². The number of ether oxygens (including phenoxy) is 1. The van der Waals surface area contributed by atoms with Gasteiger partial charge in [-0.15, -0.1) is 11.3 Å². The minimum atomic E-state index is -0.261. The first-order chi connectivity index (χ1) is 11.7. The molecule has 24 heavy (non-hydrogen) atoms. The lowest BCUT2D eigenvalue weighted by Gasteiger charge is -2.12. The normalized spacial score (nSPS) is 13.0. The minimum Gasteiger partial charge on any atom is -0.484 e. The van der Waals surface area contributed by atoms with Crippen molar-refractivity contribution in [1.82, 2.24) is 5.32 Å². The smallest absolute Gasteiger partial charge is 0.262 e. The van der Waals surface area contributed by atoms with E-state index < -0.39 is 0 Å². The van der Waals surface area contributed by atoms with Crippen molar-refractivity contribution in [2.24, 2.45) is 0 Å². The second-order valence-electron chi connectivity index (χ2n) is 5.64. The van der Waals surface area contributed by atoms with Gasteiger partial charge in [-0.2, -0.15) is 0 Å². The Morgan fingerprint density at radius 1 is 1.17 bits per heavy atom. The van der Waals surface area contributed by atoms with Crippen LogP contribution in [0.15, 0.2) is 30.3 Å². The van der Waals surface area contributed by atoms with Crippen LogP contribution in [0.5, 0.6) is 5.75 Å². The van der Waals surface area contributed by atoms with E-state index in [0.29, 0.717) is 16.3 Å². The van der Waals surface area contributed by atoms with Crippen LogP contribution in [0.4, 0.5) is 5.00 Å². The van der Waals surface area contributed by atoms with E-state index in [0.717, 1.165) is 31.2 Å². The van der Waals surface area contributed by atoms with E-state index in [1.165, 1.54) is 16.2 Å². The summed E-state index contributed by atoms with van der Waals surface area (Å²) in [6.07, 6.45) is 4.08. The predicted molar refractivity (Wildman–Crippen MR) is 94.9 cm³/mol. The van der Waals surface area contributed by atoms with Crippen LogP contribution in [0.25, 0.3) is 0 Å². The Morgan fingerprint density at radius 3 is 2.67 bits per heavy atom. The van der Waals surface area contributed by atoms with Gasteiger partial charge in [-0.3, -0.25) is 9.59 Å². The van der Waals surface area contributed by atoms with Crippen molar-refractivity contribution in [3.63, 3.8) is 0 Å². The quantitative estimate of drug-likeness (QED) is 0.876. The van der Waals surface area contributed by atoms with Gasteiger partial charge in [-0.25, -0.2) is 0 Å². The molecule has 1 aromatic heterocycles. The number of amides is 2. The molecule has 0 saturated carbocycles. The molecule has 0 fully saturated rings. The van der Waals surface area contributed by atoms with Crippen molar-refractivity contribution in [2.75, 3.05) is 19.0 Å². The van der Waals surface area contributed by atoms with E-state index >= 15 is 0 Å². The molecule has 1 aliphatic rings. The number of rotatable bonds is 5. The van der Waals surface area contributed by atoms with E-state index in [-0.39, 0.29) is 18.4 Å². The summed E-state index contributed by atoms with van der Waals surface area (Å²) in [5.74, 6) is 0.237. The van der Waals surface area contributed by atoms with Crippen molar-refractivity contribution in [3.05, 3.63) is 46.3 Å². The van der Waals surface area contributed by atoms with Crippen LogP contribution >= 0.6 is 11.3 Å². The third kappa shape index (κ3) is 3.59. The largest absolute Gasteiger partial charge is 0.484 e. The second kappa shape index (κ2) is 7.49. The lowest BCUT2D eigenvalue weighted by atomic mass is 9.95.